The fourth-order valence-electron chi connectivity index (χ4n) is 6.86. The highest BCUT2D eigenvalue weighted by Gasteiger charge is 2.33. The number of carbonyl (C=O) groups excluding carboxylic acids is 5. The first-order valence-corrected chi connectivity index (χ1v) is 20.3. The van der Waals surface area contributed by atoms with Gasteiger partial charge in [-0.1, -0.05) is 30.3 Å². The molecule has 0 spiro atoms. The Morgan fingerprint density at radius 3 is 2.19 bits per heavy atom. The molecule has 0 unspecified atom stereocenters. The largest absolute Gasteiger partial charge is 0.508 e. The number of aliphatic hydroxyl groups excluding tert-OH is 1. The molecule has 0 aromatic heterocycles. The van der Waals surface area contributed by atoms with Gasteiger partial charge in [0.1, 0.15) is 23.9 Å². The van der Waals surface area contributed by atoms with Crippen molar-refractivity contribution in [2.75, 3.05) is 68.0 Å². The van der Waals surface area contributed by atoms with Crippen molar-refractivity contribution in [1.29, 1.82) is 0 Å². The second-order valence-corrected chi connectivity index (χ2v) is 14.8. The Balaban J connectivity index is 2.00. The molecular weight excluding hydrogens is 745 g/mol. The van der Waals surface area contributed by atoms with E-state index < -0.39 is 59.9 Å². The normalized spacial score (nSPS) is 18.7. The van der Waals surface area contributed by atoms with Crippen molar-refractivity contribution in [1.82, 2.24) is 53.2 Å². The second kappa shape index (κ2) is 25.7. The Morgan fingerprint density at radius 1 is 0.793 bits per heavy atom. The van der Waals surface area contributed by atoms with Crippen LogP contribution < -0.4 is 53.2 Å². The Labute approximate surface area is 342 Å². The molecule has 0 saturated heterocycles. The molecule has 322 valence electrons. The molecule has 0 radical (unpaired) electrons. The summed E-state index contributed by atoms with van der Waals surface area (Å²) < 4.78 is 0. The number of phenolic OH excluding ortho intramolecular Hbond substituents is 1. The molecule has 12 N–H and O–H groups in total. The van der Waals surface area contributed by atoms with Gasteiger partial charge in [0.2, 0.25) is 29.5 Å². The van der Waals surface area contributed by atoms with Gasteiger partial charge in [0.05, 0.1) is 12.1 Å². The first kappa shape index (κ1) is 47.7. The van der Waals surface area contributed by atoms with E-state index in [2.05, 4.69) is 53.2 Å². The van der Waals surface area contributed by atoms with Crippen LogP contribution >= 0.6 is 0 Å². The van der Waals surface area contributed by atoms with Gasteiger partial charge in [-0.3, -0.25) is 24.0 Å². The summed E-state index contributed by atoms with van der Waals surface area (Å²) in [7, 11) is 8.66. The summed E-state index contributed by atoms with van der Waals surface area (Å²) in [5.74, 6) is -2.50. The third kappa shape index (κ3) is 15.9. The SMILES string of the molecule is CNCCC[C@@H](CC(=O)NCCNC)NC(=O)[C@H](CCCNC)NC(=O)[C@@H]1Cc2cccc(c2)-c2ccc(O)c(c2)C[C@H](NC)C(=O)N[C@@H](C[C@@H](O)CNC)C(=O)N1. The Kier molecular flexibility index (Phi) is 21.1. The number of aliphatic hydroxyl groups is 1. The molecule has 0 saturated carbocycles. The van der Waals surface area contributed by atoms with Crippen LogP contribution in [0.3, 0.4) is 0 Å². The molecule has 6 atom stereocenters. The van der Waals surface area contributed by atoms with E-state index >= 15 is 0 Å². The van der Waals surface area contributed by atoms with Gasteiger partial charge in [0.25, 0.3) is 0 Å². The lowest BCUT2D eigenvalue weighted by atomic mass is 9.95. The van der Waals surface area contributed by atoms with Crippen molar-refractivity contribution >= 4 is 29.5 Å². The Bertz CT molecular complexity index is 1630. The summed E-state index contributed by atoms with van der Waals surface area (Å²) in [4.78, 5) is 69.0. The van der Waals surface area contributed by atoms with Gasteiger partial charge in [-0.2, -0.15) is 0 Å². The fraction of sp³-hybridized carbons (Fsp3) is 0.585. The second-order valence-electron chi connectivity index (χ2n) is 14.8. The monoisotopic (exact) mass is 811 g/mol. The van der Waals surface area contributed by atoms with Crippen molar-refractivity contribution in [2.24, 2.45) is 0 Å². The lowest BCUT2D eigenvalue weighted by Crippen LogP contribution is -2.59. The van der Waals surface area contributed by atoms with E-state index in [4.69, 9.17) is 0 Å². The van der Waals surface area contributed by atoms with Crippen molar-refractivity contribution in [3.05, 3.63) is 53.6 Å². The van der Waals surface area contributed by atoms with Gasteiger partial charge in [-0.15, -0.1) is 0 Å². The minimum atomic E-state index is -1.24. The molecule has 3 rings (SSSR count). The number of rotatable bonds is 22. The lowest BCUT2D eigenvalue weighted by Gasteiger charge is -2.28. The summed E-state index contributed by atoms with van der Waals surface area (Å²) in [6.07, 6.45) is 1.07. The minimum Gasteiger partial charge on any atom is -0.508 e. The van der Waals surface area contributed by atoms with Crippen LogP contribution in [0.5, 0.6) is 5.75 Å². The van der Waals surface area contributed by atoms with Crippen LogP contribution in [0.4, 0.5) is 0 Å². The van der Waals surface area contributed by atoms with Gasteiger partial charge < -0.3 is 63.4 Å². The predicted octanol–water partition coefficient (Wildman–Crippen LogP) is -1.62. The summed E-state index contributed by atoms with van der Waals surface area (Å²) >= 11 is 0. The van der Waals surface area contributed by atoms with E-state index in [9.17, 15) is 34.2 Å². The maximum absolute atomic E-state index is 14.4. The number of fused-ring (bicyclic) bond motifs is 5. The highest BCUT2D eigenvalue weighted by molar-refractivity contribution is 5.95. The molecule has 58 heavy (non-hydrogen) atoms. The zero-order valence-corrected chi connectivity index (χ0v) is 34.6. The zero-order valence-electron chi connectivity index (χ0n) is 34.6. The molecule has 2 aromatic carbocycles. The summed E-state index contributed by atoms with van der Waals surface area (Å²) in [6, 6.07) is 7.80. The topological polar surface area (TPSA) is 246 Å². The zero-order chi connectivity index (χ0) is 42.5. The van der Waals surface area contributed by atoms with Crippen LogP contribution in [0.2, 0.25) is 0 Å². The Hall–Kier alpha value is -4.65. The highest BCUT2D eigenvalue weighted by atomic mass is 16.3. The number of hydrogen-bond acceptors (Lipinski definition) is 12. The maximum atomic E-state index is 14.4. The van der Waals surface area contributed by atoms with E-state index in [-0.39, 0.29) is 50.3 Å². The van der Waals surface area contributed by atoms with Crippen molar-refractivity contribution in [3.8, 4) is 16.9 Å². The number of likely N-dealkylation sites (N-methyl/N-ethyl adjacent to an activating group) is 3. The molecule has 2 aromatic rings. The van der Waals surface area contributed by atoms with Crippen LogP contribution in [0.15, 0.2) is 42.5 Å². The minimum absolute atomic E-state index is 0.0122. The van der Waals surface area contributed by atoms with Crippen molar-refractivity contribution in [2.45, 2.75) is 87.7 Å². The van der Waals surface area contributed by atoms with Crippen LogP contribution in [-0.2, 0) is 36.8 Å². The first-order valence-electron chi connectivity index (χ1n) is 20.3. The third-order valence-electron chi connectivity index (χ3n) is 10.1. The molecule has 1 aliphatic rings. The number of phenols is 1. The molecule has 5 amide bonds. The van der Waals surface area contributed by atoms with Crippen molar-refractivity contribution < 1.29 is 34.2 Å². The van der Waals surface area contributed by atoms with Gasteiger partial charge in [0.15, 0.2) is 0 Å². The van der Waals surface area contributed by atoms with E-state index in [1.807, 2.05) is 31.3 Å². The van der Waals surface area contributed by atoms with Crippen LogP contribution in [0.1, 0.15) is 49.7 Å². The molecule has 1 heterocycles. The molecule has 0 aliphatic carbocycles. The van der Waals surface area contributed by atoms with Crippen molar-refractivity contribution in [3.63, 3.8) is 0 Å². The van der Waals surface area contributed by atoms with E-state index in [1.54, 1.807) is 46.4 Å². The Morgan fingerprint density at radius 2 is 1.50 bits per heavy atom. The number of nitrogens with one attached hydrogen (secondary N) is 10. The molecule has 17 nitrogen and oxygen atoms in total. The molecular formula is C41H66N10O7. The van der Waals surface area contributed by atoms with E-state index in [0.717, 1.165) is 11.1 Å². The molecule has 1 aliphatic heterocycles. The summed E-state index contributed by atoms with van der Waals surface area (Å²) in [5, 5.41) is 50.9. The molecule has 4 bridgehead atoms. The van der Waals surface area contributed by atoms with Gasteiger partial charge in [-0.25, -0.2) is 0 Å². The van der Waals surface area contributed by atoms with Crippen LogP contribution in [-0.4, -0.2) is 144 Å². The van der Waals surface area contributed by atoms with Crippen LogP contribution in [0, 0.1) is 0 Å². The smallest absolute Gasteiger partial charge is 0.243 e. The number of amides is 5. The number of carbonyl (C=O) groups is 5. The summed E-state index contributed by atoms with van der Waals surface area (Å²) in [6.45, 7) is 2.45. The number of aromatic hydroxyl groups is 1. The maximum Gasteiger partial charge on any atom is 0.243 e. The number of hydrogen-bond donors (Lipinski definition) is 12. The average molecular weight is 811 g/mol. The molecule has 17 heteroatoms. The van der Waals surface area contributed by atoms with Gasteiger partial charge in [-0.05, 0) is 108 Å². The molecule has 0 fully saturated rings. The van der Waals surface area contributed by atoms with E-state index in [0.29, 0.717) is 56.6 Å². The quantitative estimate of drug-likeness (QED) is 0.0601. The predicted molar refractivity (Wildman–Crippen MR) is 224 cm³/mol. The number of benzene rings is 2. The highest BCUT2D eigenvalue weighted by Crippen LogP contribution is 2.28. The van der Waals surface area contributed by atoms with Crippen LogP contribution in [0.25, 0.3) is 11.1 Å². The average Bonchev–Trinajstić information content (AvgIpc) is 3.19. The summed E-state index contributed by atoms with van der Waals surface area (Å²) in [5.41, 5.74) is 2.79. The van der Waals surface area contributed by atoms with Gasteiger partial charge >= 0.3 is 0 Å². The van der Waals surface area contributed by atoms with Gasteiger partial charge in [0, 0.05) is 51.4 Å². The lowest BCUT2D eigenvalue weighted by molar-refractivity contribution is -0.134. The standard InChI is InChI=1S/C41H66N10O7/c1-42-15-7-11-30(23-37(54)47-18-17-44-3)48-38(55)32(12-8-16-43-2)49-40(57)34-20-26-9-6-10-27(19-26)28-13-14-36(53)29(21-28)22-33(46-5)39(56)51-35(41(58)50-34)24-31(52)25-45-4/h6,9-10,13-14,19,21,30-35,42-46,52-53H,7-8,11-12,15-18,20,22-25H2,1-5H3,(H,47,54)(H,48,55)(H,49,57)(H,50,58)(H,51,56)/t30-,31+,32-,33-,34-,35-/m0/s1. The third-order valence-corrected chi connectivity index (χ3v) is 10.1. The van der Waals surface area contributed by atoms with E-state index in [1.165, 1.54) is 0 Å². The first-order chi connectivity index (χ1) is 27.9. The fourth-order valence-corrected chi connectivity index (χ4v) is 6.86.